The normalized spacial score (nSPS) is 11.0. The molecule has 190 valence electrons. The number of anilines is 2. The number of nitrogens with zero attached hydrogens (tertiary/aromatic N) is 1. The molecule has 7 nitrogen and oxygen atoms in total. The number of carbonyl (C=O) groups is 1. The second-order valence-electron chi connectivity index (χ2n) is 7.78. The van der Waals surface area contributed by atoms with Crippen molar-refractivity contribution >= 4 is 60.6 Å². The van der Waals surface area contributed by atoms with Gasteiger partial charge in [0.25, 0.3) is 15.9 Å². The molecule has 0 saturated carbocycles. The van der Waals surface area contributed by atoms with E-state index in [1.165, 1.54) is 16.4 Å². The van der Waals surface area contributed by atoms with Crippen molar-refractivity contribution in [3.63, 3.8) is 0 Å². The van der Waals surface area contributed by atoms with Gasteiger partial charge in [-0.15, -0.1) is 0 Å². The van der Waals surface area contributed by atoms with Crippen molar-refractivity contribution < 1.29 is 17.9 Å². The number of ether oxygens (including phenoxy) is 1. The molecule has 0 atom stereocenters. The van der Waals surface area contributed by atoms with Crippen LogP contribution in [-0.4, -0.2) is 32.6 Å². The molecule has 0 aliphatic rings. The Hall–Kier alpha value is -2.95. The Morgan fingerprint density at radius 3 is 2.36 bits per heavy atom. The molecule has 10 heteroatoms. The lowest BCUT2D eigenvalue weighted by Gasteiger charge is -2.23. The number of hydrogen-bond donors (Lipinski definition) is 2. The van der Waals surface area contributed by atoms with Gasteiger partial charge in [-0.1, -0.05) is 47.5 Å². The van der Waals surface area contributed by atoms with Gasteiger partial charge in [-0.3, -0.25) is 14.4 Å². The number of nitrogens with one attached hydrogen (secondary N) is 2. The monoisotopic (exact) mass is 589 g/mol. The van der Waals surface area contributed by atoms with Crippen LogP contribution in [0.4, 0.5) is 11.4 Å². The molecular formula is C26H28BrN3O4S2. The van der Waals surface area contributed by atoms with Crippen LogP contribution in [0.25, 0.3) is 0 Å². The average molecular weight is 591 g/mol. The van der Waals surface area contributed by atoms with E-state index in [1.807, 2.05) is 12.1 Å². The Morgan fingerprint density at radius 1 is 1.03 bits per heavy atom. The van der Waals surface area contributed by atoms with Crippen molar-refractivity contribution in [3.05, 3.63) is 82.8 Å². The maximum Gasteiger partial charge on any atom is 0.264 e. The third kappa shape index (κ3) is 7.05. The first kappa shape index (κ1) is 27.6. The number of benzene rings is 3. The van der Waals surface area contributed by atoms with E-state index >= 15 is 0 Å². The van der Waals surface area contributed by atoms with Crippen LogP contribution in [0, 0.1) is 0 Å². The minimum Gasteiger partial charge on any atom is -0.493 e. The third-order valence-corrected chi connectivity index (χ3v) is 7.81. The van der Waals surface area contributed by atoms with Gasteiger partial charge in [-0.2, -0.15) is 0 Å². The van der Waals surface area contributed by atoms with Crippen LogP contribution >= 0.6 is 28.1 Å². The first-order valence-corrected chi connectivity index (χ1v) is 14.1. The van der Waals surface area contributed by atoms with E-state index in [0.717, 1.165) is 17.3 Å². The number of sulfonamides is 1. The number of thiocarbonyl (C=S) groups is 1. The molecule has 1 amide bonds. The summed E-state index contributed by atoms with van der Waals surface area (Å²) in [6, 6.07) is 20.4. The van der Waals surface area contributed by atoms with Gasteiger partial charge in [0.2, 0.25) is 0 Å². The van der Waals surface area contributed by atoms with E-state index < -0.39 is 15.9 Å². The summed E-state index contributed by atoms with van der Waals surface area (Å²) in [5, 5.41) is 5.65. The second kappa shape index (κ2) is 12.8. The molecule has 0 aliphatic carbocycles. The van der Waals surface area contributed by atoms with Crippen LogP contribution in [-0.2, 0) is 10.0 Å². The lowest BCUT2D eigenvalue weighted by Crippen LogP contribution is -2.34. The minimum absolute atomic E-state index is 0.0783. The van der Waals surface area contributed by atoms with Crippen LogP contribution in [0.15, 0.2) is 82.2 Å². The smallest absolute Gasteiger partial charge is 0.264 e. The van der Waals surface area contributed by atoms with E-state index in [2.05, 4.69) is 33.5 Å². The third-order valence-electron chi connectivity index (χ3n) is 5.20. The summed E-state index contributed by atoms with van der Waals surface area (Å²) in [5.41, 5.74) is 1.49. The highest BCUT2D eigenvalue weighted by Gasteiger charge is 2.23. The van der Waals surface area contributed by atoms with E-state index in [0.29, 0.717) is 35.8 Å². The van der Waals surface area contributed by atoms with Crippen LogP contribution in [0.1, 0.15) is 37.0 Å². The van der Waals surface area contributed by atoms with Gasteiger partial charge in [0.05, 0.1) is 22.8 Å². The molecule has 3 aromatic rings. The summed E-state index contributed by atoms with van der Waals surface area (Å²) in [7, 11) is -3.74. The molecular weight excluding hydrogens is 562 g/mol. The van der Waals surface area contributed by atoms with E-state index in [-0.39, 0.29) is 10.0 Å². The van der Waals surface area contributed by atoms with Crippen LogP contribution in [0.3, 0.4) is 0 Å². The van der Waals surface area contributed by atoms with Gasteiger partial charge in [0, 0.05) is 16.7 Å². The zero-order chi connectivity index (χ0) is 26.1. The maximum atomic E-state index is 13.2. The number of amides is 1. The minimum atomic E-state index is -3.74. The van der Waals surface area contributed by atoms with Gasteiger partial charge in [-0.05, 0) is 80.2 Å². The Morgan fingerprint density at radius 2 is 1.72 bits per heavy atom. The predicted molar refractivity (Wildman–Crippen MR) is 151 cm³/mol. The molecule has 0 heterocycles. The number of para-hydroxylation sites is 1. The second-order valence-corrected chi connectivity index (χ2v) is 11.0. The van der Waals surface area contributed by atoms with Gasteiger partial charge in [0.15, 0.2) is 5.11 Å². The maximum absolute atomic E-state index is 13.2. The lowest BCUT2D eigenvalue weighted by molar-refractivity contribution is 0.0973. The predicted octanol–water partition coefficient (Wildman–Crippen LogP) is 5.97. The Balaban J connectivity index is 1.68. The fourth-order valence-corrected chi connectivity index (χ4v) is 5.43. The topological polar surface area (TPSA) is 87.7 Å². The highest BCUT2D eigenvalue weighted by atomic mass is 79.9. The lowest BCUT2D eigenvalue weighted by atomic mass is 10.2. The van der Waals surface area contributed by atoms with Crippen LogP contribution in [0.5, 0.6) is 5.75 Å². The molecule has 0 aliphatic heterocycles. The Labute approximate surface area is 226 Å². The van der Waals surface area contributed by atoms with Crippen molar-refractivity contribution in [2.75, 3.05) is 22.8 Å². The molecule has 0 fully saturated rings. The molecule has 0 spiro atoms. The van der Waals surface area contributed by atoms with Crippen molar-refractivity contribution in [2.45, 2.75) is 31.6 Å². The Kier molecular flexibility index (Phi) is 9.86. The van der Waals surface area contributed by atoms with E-state index in [1.54, 1.807) is 55.5 Å². The molecule has 0 radical (unpaired) electrons. The highest BCUT2D eigenvalue weighted by molar-refractivity contribution is 9.10. The standard InChI is InChI=1S/C26H28BrN3O4S2/c1-3-5-17-34-24-16-11-19(27)18-23(24)25(31)29-26(35)28-20-12-14-22(15-13-20)36(32,33)30(4-2)21-9-7-6-8-10-21/h6-16,18H,3-5,17H2,1-2H3,(H2,28,29,31,35). The largest absolute Gasteiger partial charge is 0.493 e. The fraction of sp³-hybridized carbons (Fsp3) is 0.231. The number of halogens is 1. The molecule has 2 N–H and O–H groups in total. The number of hydrogen-bond acceptors (Lipinski definition) is 5. The highest BCUT2D eigenvalue weighted by Crippen LogP contribution is 2.25. The first-order chi connectivity index (χ1) is 17.3. The van der Waals surface area contributed by atoms with Crippen molar-refractivity contribution in [1.82, 2.24) is 5.32 Å². The fourth-order valence-electron chi connectivity index (χ4n) is 3.39. The van der Waals surface area contributed by atoms with Crippen LogP contribution in [0.2, 0.25) is 0 Å². The quantitative estimate of drug-likeness (QED) is 0.224. The zero-order valence-corrected chi connectivity index (χ0v) is 23.3. The molecule has 3 aromatic carbocycles. The molecule has 0 bridgehead atoms. The molecule has 0 unspecified atom stereocenters. The molecule has 36 heavy (non-hydrogen) atoms. The van der Waals surface area contributed by atoms with Crippen molar-refractivity contribution in [2.24, 2.45) is 0 Å². The summed E-state index contributed by atoms with van der Waals surface area (Å²) < 4.78 is 34.2. The average Bonchev–Trinajstić information content (AvgIpc) is 2.86. The van der Waals surface area contributed by atoms with Gasteiger partial charge >= 0.3 is 0 Å². The number of unbranched alkanes of at least 4 members (excludes halogenated alkanes) is 1. The van der Waals surface area contributed by atoms with Gasteiger partial charge in [0.1, 0.15) is 5.75 Å². The number of carbonyl (C=O) groups excluding carboxylic acids is 1. The summed E-state index contributed by atoms with van der Waals surface area (Å²) in [5.74, 6) is 0.0568. The van der Waals surface area contributed by atoms with E-state index in [9.17, 15) is 13.2 Å². The van der Waals surface area contributed by atoms with Gasteiger partial charge < -0.3 is 10.1 Å². The number of rotatable bonds is 10. The SMILES string of the molecule is CCCCOc1ccc(Br)cc1C(=O)NC(=S)Nc1ccc(S(=O)(=O)N(CC)c2ccccc2)cc1. The van der Waals surface area contributed by atoms with E-state index in [4.69, 9.17) is 17.0 Å². The summed E-state index contributed by atoms with van der Waals surface area (Å²) in [4.78, 5) is 13.0. The summed E-state index contributed by atoms with van der Waals surface area (Å²) >= 11 is 8.69. The molecule has 0 saturated heterocycles. The van der Waals surface area contributed by atoms with Gasteiger partial charge in [-0.25, -0.2) is 8.42 Å². The first-order valence-electron chi connectivity index (χ1n) is 11.5. The zero-order valence-electron chi connectivity index (χ0n) is 20.0. The van der Waals surface area contributed by atoms with Crippen molar-refractivity contribution in [1.29, 1.82) is 0 Å². The van der Waals surface area contributed by atoms with Crippen molar-refractivity contribution in [3.8, 4) is 5.75 Å². The molecule has 0 aromatic heterocycles. The Bertz CT molecular complexity index is 1300. The molecule has 3 rings (SSSR count). The van der Waals surface area contributed by atoms with Crippen LogP contribution < -0.4 is 19.7 Å². The summed E-state index contributed by atoms with van der Waals surface area (Å²) in [6.07, 6.45) is 1.86. The summed E-state index contributed by atoms with van der Waals surface area (Å²) in [6.45, 7) is 4.65.